The molecular formula is C15H25ClIN3O2S. The smallest absolute Gasteiger partial charge is 0.193 e. The molecule has 132 valence electrons. The number of ether oxygens (including phenoxy) is 1. The third kappa shape index (κ3) is 6.04. The number of guanidine groups is 1. The summed E-state index contributed by atoms with van der Waals surface area (Å²) in [7, 11) is 3.77. The Balaban J connectivity index is 0.00000264. The standard InChI is InChI=1S/C15H24ClN3O2S.HI/c1-17-14(19(2)9-12-3-4-13(16)22-12)18-10-15(11-20)5-7-21-8-6-15;/h3-4,20H,5-11H2,1-2H3,(H,17,18);1H. The summed E-state index contributed by atoms with van der Waals surface area (Å²) in [6.07, 6.45) is 1.75. The van der Waals surface area contributed by atoms with Crippen molar-refractivity contribution >= 4 is 52.9 Å². The number of nitrogens with one attached hydrogen (secondary N) is 1. The third-order valence-electron chi connectivity index (χ3n) is 4.11. The largest absolute Gasteiger partial charge is 0.396 e. The summed E-state index contributed by atoms with van der Waals surface area (Å²) in [6, 6.07) is 3.94. The van der Waals surface area contributed by atoms with Crippen molar-refractivity contribution in [2.45, 2.75) is 19.4 Å². The maximum Gasteiger partial charge on any atom is 0.193 e. The lowest BCUT2D eigenvalue weighted by Gasteiger charge is -2.36. The molecule has 2 heterocycles. The van der Waals surface area contributed by atoms with Gasteiger partial charge in [-0.05, 0) is 25.0 Å². The van der Waals surface area contributed by atoms with Crippen LogP contribution in [0.15, 0.2) is 17.1 Å². The van der Waals surface area contributed by atoms with Gasteiger partial charge >= 0.3 is 0 Å². The highest BCUT2D eigenvalue weighted by molar-refractivity contribution is 14.0. The molecule has 0 spiro atoms. The van der Waals surface area contributed by atoms with Crippen LogP contribution in [0.1, 0.15) is 17.7 Å². The minimum atomic E-state index is -0.110. The first-order chi connectivity index (χ1) is 10.6. The van der Waals surface area contributed by atoms with Crippen molar-refractivity contribution in [1.82, 2.24) is 10.2 Å². The van der Waals surface area contributed by atoms with Gasteiger partial charge in [0.15, 0.2) is 5.96 Å². The van der Waals surface area contributed by atoms with Crippen LogP contribution in [0.25, 0.3) is 0 Å². The first-order valence-electron chi connectivity index (χ1n) is 7.43. The van der Waals surface area contributed by atoms with E-state index in [9.17, 15) is 5.11 Å². The molecular weight excluding hydrogens is 449 g/mol. The predicted molar refractivity (Wildman–Crippen MR) is 107 cm³/mol. The van der Waals surface area contributed by atoms with E-state index in [-0.39, 0.29) is 36.0 Å². The van der Waals surface area contributed by atoms with Gasteiger partial charge in [0.05, 0.1) is 17.5 Å². The Bertz CT molecular complexity index is 507. The molecule has 1 aromatic rings. The van der Waals surface area contributed by atoms with Gasteiger partial charge < -0.3 is 20.1 Å². The summed E-state index contributed by atoms with van der Waals surface area (Å²) in [4.78, 5) is 7.59. The van der Waals surface area contributed by atoms with Crippen LogP contribution in [-0.4, -0.2) is 56.4 Å². The summed E-state index contributed by atoms with van der Waals surface area (Å²) < 4.78 is 6.20. The lowest BCUT2D eigenvalue weighted by atomic mass is 9.81. The molecule has 0 aliphatic carbocycles. The summed E-state index contributed by atoms with van der Waals surface area (Å²) >= 11 is 7.55. The van der Waals surface area contributed by atoms with E-state index < -0.39 is 0 Å². The number of hydrogen-bond donors (Lipinski definition) is 2. The van der Waals surface area contributed by atoms with Gasteiger partial charge in [-0.3, -0.25) is 4.99 Å². The summed E-state index contributed by atoms with van der Waals surface area (Å²) in [6.45, 7) is 3.06. The fraction of sp³-hybridized carbons (Fsp3) is 0.667. The van der Waals surface area contributed by atoms with E-state index in [1.807, 2.05) is 19.2 Å². The number of halogens is 2. The van der Waals surface area contributed by atoms with Crippen molar-refractivity contribution in [2.24, 2.45) is 10.4 Å². The highest BCUT2D eigenvalue weighted by Crippen LogP contribution is 2.29. The van der Waals surface area contributed by atoms with Gasteiger partial charge in [0.1, 0.15) is 0 Å². The molecule has 23 heavy (non-hydrogen) atoms. The zero-order chi connectivity index (χ0) is 16.0. The summed E-state index contributed by atoms with van der Waals surface area (Å²) in [5, 5.41) is 13.1. The second-order valence-electron chi connectivity index (χ2n) is 5.73. The van der Waals surface area contributed by atoms with Gasteiger partial charge in [0.25, 0.3) is 0 Å². The number of nitrogens with zero attached hydrogens (tertiary/aromatic N) is 2. The number of aliphatic hydroxyl groups excluding tert-OH is 1. The van der Waals surface area contributed by atoms with Crippen LogP contribution >= 0.6 is 46.9 Å². The molecule has 1 fully saturated rings. The Morgan fingerprint density at radius 3 is 2.70 bits per heavy atom. The Morgan fingerprint density at radius 1 is 1.48 bits per heavy atom. The van der Waals surface area contributed by atoms with Gasteiger partial charge in [-0.1, -0.05) is 11.6 Å². The Kier molecular flexibility index (Phi) is 9.13. The van der Waals surface area contributed by atoms with E-state index in [1.54, 1.807) is 18.4 Å². The zero-order valence-corrected chi connectivity index (χ0v) is 17.5. The molecule has 0 radical (unpaired) electrons. The van der Waals surface area contributed by atoms with Crippen LogP contribution in [-0.2, 0) is 11.3 Å². The highest BCUT2D eigenvalue weighted by atomic mass is 127. The van der Waals surface area contributed by atoms with Gasteiger partial charge in [0, 0.05) is 44.1 Å². The van der Waals surface area contributed by atoms with E-state index in [2.05, 4.69) is 15.2 Å². The molecule has 1 saturated heterocycles. The molecule has 0 bridgehead atoms. The molecule has 1 aliphatic heterocycles. The average Bonchev–Trinajstić information content (AvgIpc) is 2.94. The molecule has 0 aromatic carbocycles. The number of rotatable bonds is 5. The first kappa shape index (κ1) is 21.0. The maximum absolute atomic E-state index is 9.74. The lowest BCUT2D eigenvalue weighted by Crippen LogP contribution is -2.47. The number of aliphatic hydroxyl groups is 1. The van der Waals surface area contributed by atoms with Crippen molar-refractivity contribution < 1.29 is 9.84 Å². The van der Waals surface area contributed by atoms with Crippen molar-refractivity contribution in [3.63, 3.8) is 0 Å². The first-order valence-corrected chi connectivity index (χ1v) is 8.63. The van der Waals surface area contributed by atoms with Crippen molar-refractivity contribution in [2.75, 3.05) is 40.5 Å². The van der Waals surface area contributed by atoms with Crippen LogP contribution in [0.3, 0.4) is 0 Å². The quantitative estimate of drug-likeness (QED) is 0.392. The minimum Gasteiger partial charge on any atom is -0.396 e. The third-order valence-corrected chi connectivity index (χ3v) is 5.32. The van der Waals surface area contributed by atoms with Crippen molar-refractivity contribution in [1.29, 1.82) is 0 Å². The maximum atomic E-state index is 9.74. The Morgan fingerprint density at radius 2 is 2.17 bits per heavy atom. The topological polar surface area (TPSA) is 57.1 Å². The molecule has 5 nitrogen and oxygen atoms in total. The van der Waals surface area contributed by atoms with Gasteiger partial charge in [-0.15, -0.1) is 35.3 Å². The minimum absolute atomic E-state index is 0. The van der Waals surface area contributed by atoms with Crippen LogP contribution in [0.4, 0.5) is 0 Å². The molecule has 8 heteroatoms. The molecule has 0 atom stereocenters. The van der Waals surface area contributed by atoms with Crippen LogP contribution in [0.5, 0.6) is 0 Å². The van der Waals surface area contributed by atoms with Gasteiger partial charge in [0.2, 0.25) is 0 Å². The fourth-order valence-corrected chi connectivity index (χ4v) is 3.73. The van der Waals surface area contributed by atoms with Gasteiger partial charge in [-0.2, -0.15) is 0 Å². The molecule has 0 amide bonds. The van der Waals surface area contributed by atoms with Crippen molar-refractivity contribution in [3.05, 3.63) is 21.3 Å². The van der Waals surface area contributed by atoms with Gasteiger partial charge in [-0.25, -0.2) is 0 Å². The number of hydrogen-bond acceptors (Lipinski definition) is 4. The number of aliphatic imine (C=N–C) groups is 1. The molecule has 1 aromatic heterocycles. The van der Waals surface area contributed by atoms with E-state index in [0.717, 1.165) is 29.7 Å². The monoisotopic (exact) mass is 473 g/mol. The zero-order valence-electron chi connectivity index (χ0n) is 13.5. The molecule has 1 aliphatic rings. The Labute approximate surface area is 164 Å². The second kappa shape index (κ2) is 10.0. The normalized spacial score (nSPS) is 17.5. The van der Waals surface area contributed by atoms with E-state index in [1.165, 1.54) is 4.88 Å². The molecule has 0 saturated carbocycles. The SMILES string of the molecule is CN=C(NCC1(CO)CCOCC1)N(C)Cc1ccc(Cl)s1.I. The predicted octanol–water partition coefficient (Wildman–Crippen LogP) is 2.82. The van der Waals surface area contributed by atoms with Crippen LogP contribution in [0, 0.1) is 5.41 Å². The molecule has 2 rings (SSSR count). The van der Waals surface area contributed by atoms with E-state index in [0.29, 0.717) is 19.8 Å². The Hall–Kier alpha value is -0.0900. The fourth-order valence-electron chi connectivity index (χ4n) is 2.59. The molecule has 0 unspecified atom stereocenters. The average molecular weight is 474 g/mol. The van der Waals surface area contributed by atoms with Crippen molar-refractivity contribution in [3.8, 4) is 0 Å². The van der Waals surface area contributed by atoms with E-state index in [4.69, 9.17) is 16.3 Å². The van der Waals surface area contributed by atoms with E-state index >= 15 is 0 Å². The number of thiophene rings is 1. The van der Waals surface area contributed by atoms with Crippen LogP contribution in [0.2, 0.25) is 4.34 Å². The highest BCUT2D eigenvalue weighted by Gasteiger charge is 2.32. The molecule has 2 N–H and O–H groups in total. The van der Waals surface area contributed by atoms with Crippen LogP contribution < -0.4 is 5.32 Å². The lowest BCUT2D eigenvalue weighted by molar-refractivity contribution is -0.0134. The second-order valence-corrected chi connectivity index (χ2v) is 7.53. The summed E-state index contributed by atoms with van der Waals surface area (Å²) in [5.74, 6) is 0.823. The summed E-state index contributed by atoms with van der Waals surface area (Å²) in [5.41, 5.74) is -0.110.